The number of Topliss-reactive ketones (excluding diaryl/α,β-unsaturated/α-hetero) is 1. The number of carbonyl (C=O) groups excluding carboxylic acids is 3. The van der Waals surface area contributed by atoms with Crippen molar-refractivity contribution in [2.24, 2.45) is 28.8 Å². The van der Waals surface area contributed by atoms with Crippen LogP contribution in [0.1, 0.15) is 176 Å². The normalized spacial score (nSPS) is 28.4. The van der Waals surface area contributed by atoms with Crippen LogP contribution in [0.4, 0.5) is 0 Å². The molecule has 1 amide bonds. The van der Waals surface area contributed by atoms with Gasteiger partial charge in [0.2, 0.25) is 5.91 Å². The predicted molar refractivity (Wildman–Crippen MR) is 232 cm³/mol. The van der Waals surface area contributed by atoms with Crippen LogP contribution in [-0.4, -0.2) is 83.2 Å². The monoisotopic (exact) mass is 829 g/mol. The Balaban J connectivity index is 1.31. The van der Waals surface area contributed by atoms with Gasteiger partial charge in [0.15, 0.2) is 11.6 Å². The van der Waals surface area contributed by atoms with Gasteiger partial charge in [-0.25, -0.2) is 0 Å². The van der Waals surface area contributed by atoms with Crippen LogP contribution in [0.2, 0.25) is 0 Å². The zero-order valence-corrected chi connectivity index (χ0v) is 37.5. The van der Waals surface area contributed by atoms with E-state index in [1.807, 2.05) is 13.0 Å². The van der Waals surface area contributed by atoms with E-state index in [9.17, 15) is 24.6 Å². The first-order valence-electron chi connectivity index (χ1n) is 23.3. The molecule has 1 spiro atoms. The Bertz CT molecular complexity index is 1380. The minimum absolute atomic E-state index is 0.000296. The lowest BCUT2D eigenvalue weighted by Gasteiger charge is -2.48. The van der Waals surface area contributed by atoms with Crippen molar-refractivity contribution in [2.75, 3.05) is 13.1 Å². The number of rotatable bonds is 27. The third-order valence-electron chi connectivity index (χ3n) is 13.1. The van der Waals surface area contributed by atoms with E-state index >= 15 is 0 Å². The van der Waals surface area contributed by atoms with Gasteiger partial charge in [-0.2, -0.15) is 0 Å². The second-order valence-corrected chi connectivity index (χ2v) is 18.4. The van der Waals surface area contributed by atoms with Crippen LogP contribution in [0.3, 0.4) is 0 Å². The van der Waals surface area contributed by atoms with Gasteiger partial charge >= 0.3 is 0 Å². The third kappa shape index (κ3) is 19.3. The molecule has 12 nitrogen and oxygen atoms in total. The summed E-state index contributed by atoms with van der Waals surface area (Å²) in [5.41, 5.74) is 9.33. The number of hydrogen-bond acceptors (Lipinski definition) is 9. The van der Waals surface area contributed by atoms with Gasteiger partial charge in [-0.3, -0.25) is 14.4 Å². The number of nitrogens with one attached hydrogen (secondary N) is 1. The number of unbranched alkanes of at least 4 members (excludes halogenated alkanes) is 5. The predicted octanol–water partition coefficient (Wildman–Crippen LogP) is 9.79. The molecule has 12 heteroatoms. The molecule has 11 atom stereocenters. The van der Waals surface area contributed by atoms with Gasteiger partial charge in [-0.05, 0) is 132 Å². The van der Waals surface area contributed by atoms with Crippen LogP contribution in [0.5, 0.6) is 0 Å². The number of ketones is 2. The Morgan fingerprint density at radius 1 is 0.881 bits per heavy atom. The molecule has 3 N–H and O–H groups in total. The minimum Gasteiger partial charge on any atom is -0.392 e. The van der Waals surface area contributed by atoms with Crippen molar-refractivity contribution >= 4 is 17.5 Å². The minimum atomic E-state index is -0.927. The number of nitrogens with zero attached hydrogens (tertiary/aromatic N) is 3. The smallest absolute Gasteiger partial charge is 0.225 e. The Hall–Kier alpha value is -2.60. The zero-order chi connectivity index (χ0) is 43.2. The van der Waals surface area contributed by atoms with E-state index in [-0.39, 0.29) is 67.1 Å². The average Bonchev–Trinajstić information content (AvgIpc) is 3.20. The molecular formula is C47H80N4O8. The second kappa shape index (κ2) is 27.4. The third-order valence-corrected chi connectivity index (χ3v) is 13.1. The topological polar surface area (TPSA) is 180 Å². The molecule has 3 aliphatic rings. The van der Waals surface area contributed by atoms with E-state index in [1.165, 1.54) is 0 Å². The molecule has 3 unspecified atom stereocenters. The van der Waals surface area contributed by atoms with Crippen molar-refractivity contribution in [1.82, 2.24) is 5.32 Å². The highest BCUT2D eigenvalue weighted by Gasteiger charge is 2.44. The lowest BCUT2D eigenvalue weighted by Crippen LogP contribution is -2.50. The van der Waals surface area contributed by atoms with E-state index in [0.29, 0.717) is 31.3 Å². The number of amides is 1. The van der Waals surface area contributed by atoms with Gasteiger partial charge in [-0.15, -0.1) is 0 Å². The van der Waals surface area contributed by atoms with Crippen molar-refractivity contribution in [2.45, 2.75) is 219 Å². The fourth-order valence-electron chi connectivity index (χ4n) is 8.79. The summed E-state index contributed by atoms with van der Waals surface area (Å²) in [6.45, 7) is 13.1. The van der Waals surface area contributed by atoms with Crippen LogP contribution >= 0.6 is 0 Å². The number of ether oxygens (including phenoxy) is 3. The van der Waals surface area contributed by atoms with Gasteiger partial charge in [0.1, 0.15) is 5.78 Å². The summed E-state index contributed by atoms with van der Waals surface area (Å²) >= 11 is 0. The van der Waals surface area contributed by atoms with Crippen molar-refractivity contribution < 1.29 is 38.8 Å². The highest BCUT2D eigenvalue weighted by Crippen LogP contribution is 2.43. The lowest BCUT2D eigenvalue weighted by molar-refractivity contribution is -0.324. The lowest BCUT2D eigenvalue weighted by atomic mass is 9.85. The molecule has 0 saturated carbocycles. The molecule has 3 rings (SSSR count). The number of aliphatic hydroxyl groups is 2. The van der Waals surface area contributed by atoms with Gasteiger partial charge in [0.05, 0.1) is 42.5 Å². The number of carbonyl (C=O) groups is 3. The highest BCUT2D eigenvalue weighted by atomic mass is 16.7. The Kier molecular flexibility index (Phi) is 23.5. The summed E-state index contributed by atoms with van der Waals surface area (Å²) in [5, 5.41) is 27.2. The summed E-state index contributed by atoms with van der Waals surface area (Å²) in [7, 11) is 0. The van der Waals surface area contributed by atoms with Gasteiger partial charge in [0.25, 0.3) is 0 Å². The zero-order valence-electron chi connectivity index (χ0n) is 37.5. The molecule has 3 aliphatic heterocycles. The molecule has 0 aromatic carbocycles. The molecule has 59 heavy (non-hydrogen) atoms. The molecule has 3 heterocycles. The first kappa shape index (κ1) is 50.8. The van der Waals surface area contributed by atoms with Crippen LogP contribution < -0.4 is 5.32 Å². The van der Waals surface area contributed by atoms with Crippen LogP contribution in [0.15, 0.2) is 28.9 Å². The molecule has 0 aromatic heterocycles. The molecule has 336 valence electrons. The van der Waals surface area contributed by atoms with Crippen LogP contribution in [-0.2, 0) is 28.6 Å². The second-order valence-electron chi connectivity index (χ2n) is 18.4. The summed E-state index contributed by atoms with van der Waals surface area (Å²) in [5.74, 6) is -0.335. The van der Waals surface area contributed by atoms with E-state index in [2.05, 4.69) is 42.2 Å². The molecule has 0 aliphatic carbocycles. The van der Waals surface area contributed by atoms with E-state index < -0.39 is 23.9 Å². The van der Waals surface area contributed by atoms with Gasteiger partial charge in [0, 0.05) is 50.1 Å². The number of azide groups is 1. The number of hydrogen-bond donors (Lipinski definition) is 3. The molecule has 0 aromatic rings. The summed E-state index contributed by atoms with van der Waals surface area (Å²) < 4.78 is 19.7. The van der Waals surface area contributed by atoms with E-state index in [1.54, 1.807) is 19.9 Å². The molecule has 3 saturated heterocycles. The highest BCUT2D eigenvalue weighted by molar-refractivity contribution is 5.90. The summed E-state index contributed by atoms with van der Waals surface area (Å²) in [6.07, 6.45) is 21.4. The van der Waals surface area contributed by atoms with Gasteiger partial charge in [-0.1, -0.05) is 64.2 Å². The molecule has 3 fully saturated rings. The van der Waals surface area contributed by atoms with Crippen molar-refractivity contribution in [3.8, 4) is 0 Å². The first-order valence-corrected chi connectivity index (χ1v) is 23.3. The standard InChI is InChI=1S/C47H80N4O8/c1-33(30-36(4)38(6)52)19-22-41-17-14-26-47(58-41)27-25-35(3)44(59-47)18-15-28-49-46(56)37(5)43(55)24-21-40(54)32-45-34(2)20-23-42(57-45)31-39(53)16-12-10-8-7-9-11-13-29-50-51-48/h12,16,30,33-35,37-38,41-45,52,55H,7-11,13-15,17-29,31-32H2,1-6H3,(H,49,56)/b16-12+,36-30+/t33-,34?,35?,37-,38-,41-,42-,43-,44+,45?,47-/m0/s1. The SMILES string of the molecule is C/C(=C\[C@@H](C)CC[C@@H]1CCC[C@]2(CCC(C)[C@@H](CCCNC(=O)[C@@H](C)[C@@H](O)CCC(=O)CC3O[C@H](CC(=O)/C=C/CCCCCCCN=[N+]=[N-])CCC3C)O2)O1)[C@H](C)O. The van der Waals surface area contributed by atoms with Crippen LogP contribution in [0, 0.1) is 23.7 Å². The van der Waals surface area contributed by atoms with Crippen molar-refractivity contribution in [3.05, 3.63) is 34.2 Å². The van der Waals surface area contributed by atoms with Crippen molar-refractivity contribution in [1.29, 1.82) is 0 Å². The van der Waals surface area contributed by atoms with E-state index in [4.69, 9.17) is 19.7 Å². The largest absolute Gasteiger partial charge is 0.392 e. The summed E-state index contributed by atoms with van der Waals surface area (Å²) in [4.78, 5) is 41.4. The molecule has 0 radical (unpaired) electrons. The Morgan fingerprint density at radius 2 is 1.63 bits per heavy atom. The van der Waals surface area contributed by atoms with E-state index in [0.717, 1.165) is 115 Å². The maximum atomic E-state index is 13.0. The number of allylic oxidation sites excluding steroid dienone is 3. The fourth-order valence-corrected chi connectivity index (χ4v) is 8.79. The average molecular weight is 829 g/mol. The van der Waals surface area contributed by atoms with Crippen LogP contribution in [0.25, 0.3) is 10.4 Å². The maximum Gasteiger partial charge on any atom is 0.225 e. The fraction of sp³-hybridized carbons (Fsp3) is 0.851. The Labute approximate surface area is 355 Å². The molecule has 0 bridgehead atoms. The van der Waals surface area contributed by atoms with Crippen molar-refractivity contribution in [3.63, 3.8) is 0 Å². The molecular weight excluding hydrogens is 749 g/mol. The van der Waals surface area contributed by atoms with Gasteiger partial charge < -0.3 is 29.7 Å². The number of aliphatic hydroxyl groups excluding tert-OH is 2. The Morgan fingerprint density at radius 3 is 2.39 bits per heavy atom. The quantitative estimate of drug-likeness (QED) is 0.0183. The first-order chi connectivity index (χ1) is 28.2. The summed E-state index contributed by atoms with van der Waals surface area (Å²) in [6, 6.07) is 0. The maximum absolute atomic E-state index is 13.0.